The van der Waals surface area contributed by atoms with E-state index in [1.54, 1.807) is 18.4 Å². The monoisotopic (exact) mass is 292 g/mol. The van der Waals surface area contributed by atoms with Crippen LogP contribution in [0, 0.1) is 0 Å². The number of thiazole rings is 1. The highest BCUT2D eigenvalue weighted by atomic mass is 32.1. The van der Waals surface area contributed by atoms with Gasteiger partial charge in [0.1, 0.15) is 17.0 Å². The van der Waals surface area contributed by atoms with Crippen molar-refractivity contribution in [3.8, 4) is 16.6 Å². The van der Waals surface area contributed by atoms with E-state index >= 15 is 0 Å². The van der Waals surface area contributed by atoms with E-state index < -0.39 is 0 Å². The van der Waals surface area contributed by atoms with Gasteiger partial charge < -0.3 is 10.1 Å². The average Bonchev–Trinajstić information content (AvgIpc) is 2.83. The molecule has 0 aromatic carbocycles. The average molecular weight is 292 g/mol. The van der Waals surface area contributed by atoms with E-state index in [0.717, 1.165) is 22.9 Å². The molecule has 20 heavy (non-hydrogen) atoms. The molecule has 6 heteroatoms. The maximum Gasteiger partial charge on any atom is 0.216 e. The molecular formula is C14H20N4OS. The molecule has 2 rings (SSSR count). The van der Waals surface area contributed by atoms with E-state index in [4.69, 9.17) is 9.72 Å². The van der Waals surface area contributed by atoms with Crippen LogP contribution in [0.25, 0.3) is 10.7 Å². The summed E-state index contributed by atoms with van der Waals surface area (Å²) < 4.78 is 5.14. The Kier molecular flexibility index (Phi) is 4.35. The van der Waals surface area contributed by atoms with E-state index in [2.05, 4.69) is 36.1 Å². The normalized spacial score (nSPS) is 11.7. The number of hydrogen-bond donors (Lipinski definition) is 1. The molecule has 2 aromatic heterocycles. The predicted octanol–water partition coefficient (Wildman–Crippen LogP) is 2.63. The fourth-order valence-corrected chi connectivity index (χ4v) is 3.15. The Labute approximate surface area is 123 Å². The minimum Gasteiger partial charge on any atom is -0.481 e. The predicted molar refractivity (Wildman–Crippen MR) is 81.2 cm³/mol. The van der Waals surface area contributed by atoms with Crippen molar-refractivity contribution in [3.63, 3.8) is 0 Å². The van der Waals surface area contributed by atoms with Gasteiger partial charge in [0.2, 0.25) is 5.88 Å². The summed E-state index contributed by atoms with van der Waals surface area (Å²) in [6.07, 6.45) is 1.50. The van der Waals surface area contributed by atoms with Crippen molar-refractivity contribution < 1.29 is 4.74 Å². The van der Waals surface area contributed by atoms with Gasteiger partial charge in [-0.05, 0) is 7.05 Å². The van der Waals surface area contributed by atoms with Crippen LogP contribution >= 0.6 is 11.3 Å². The van der Waals surface area contributed by atoms with Gasteiger partial charge in [-0.3, -0.25) is 0 Å². The van der Waals surface area contributed by atoms with Crippen LogP contribution in [0.15, 0.2) is 12.4 Å². The largest absolute Gasteiger partial charge is 0.481 e. The number of methoxy groups -OCH3 is 1. The van der Waals surface area contributed by atoms with Crippen LogP contribution < -0.4 is 10.1 Å². The molecule has 0 saturated carbocycles. The van der Waals surface area contributed by atoms with Gasteiger partial charge in [0, 0.05) is 22.9 Å². The lowest BCUT2D eigenvalue weighted by molar-refractivity contribution is 0.397. The van der Waals surface area contributed by atoms with E-state index in [-0.39, 0.29) is 5.41 Å². The SMILES string of the molecule is CNCc1sc(-c2cc(OC)ncn2)nc1C(C)(C)C. The summed E-state index contributed by atoms with van der Waals surface area (Å²) in [6.45, 7) is 7.33. The van der Waals surface area contributed by atoms with Gasteiger partial charge in [-0.1, -0.05) is 20.8 Å². The molecule has 0 aliphatic heterocycles. The Morgan fingerprint density at radius 3 is 2.65 bits per heavy atom. The first-order valence-corrected chi connectivity index (χ1v) is 7.28. The molecule has 108 valence electrons. The Bertz CT molecular complexity index is 589. The molecule has 0 fully saturated rings. The quantitative estimate of drug-likeness (QED) is 0.938. The number of nitrogens with zero attached hydrogens (tertiary/aromatic N) is 3. The molecule has 0 atom stereocenters. The fourth-order valence-electron chi connectivity index (χ4n) is 1.90. The second-order valence-corrected chi connectivity index (χ2v) is 6.60. The molecule has 0 spiro atoms. The summed E-state index contributed by atoms with van der Waals surface area (Å²) in [7, 11) is 3.54. The third-order valence-corrected chi connectivity index (χ3v) is 3.89. The Morgan fingerprint density at radius 1 is 1.30 bits per heavy atom. The summed E-state index contributed by atoms with van der Waals surface area (Å²) in [5, 5.41) is 4.10. The van der Waals surface area contributed by atoms with Crippen LogP contribution in [-0.2, 0) is 12.0 Å². The lowest BCUT2D eigenvalue weighted by Crippen LogP contribution is -2.16. The molecule has 0 aliphatic carbocycles. The second-order valence-electron chi connectivity index (χ2n) is 5.52. The second kappa shape index (κ2) is 5.85. The molecule has 0 radical (unpaired) electrons. The number of ether oxygens (including phenoxy) is 1. The van der Waals surface area contributed by atoms with E-state index in [1.165, 1.54) is 11.2 Å². The summed E-state index contributed by atoms with van der Waals surface area (Å²) >= 11 is 1.66. The molecule has 2 heterocycles. The topological polar surface area (TPSA) is 59.9 Å². The molecule has 0 unspecified atom stereocenters. The molecule has 0 bridgehead atoms. The van der Waals surface area contributed by atoms with Crippen molar-refractivity contribution in [2.45, 2.75) is 32.7 Å². The third-order valence-electron chi connectivity index (χ3n) is 2.82. The number of hydrogen-bond acceptors (Lipinski definition) is 6. The summed E-state index contributed by atoms with van der Waals surface area (Å²) in [4.78, 5) is 14.3. The van der Waals surface area contributed by atoms with Crippen LogP contribution in [-0.4, -0.2) is 29.1 Å². The minimum absolute atomic E-state index is 0.0120. The van der Waals surface area contributed by atoms with E-state index in [1.807, 2.05) is 13.1 Å². The van der Waals surface area contributed by atoms with Crippen LogP contribution in [0.4, 0.5) is 0 Å². The molecular weight excluding hydrogens is 272 g/mol. The van der Waals surface area contributed by atoms with Crippen LogP contribution in [0.3, 0.4) is 0 Å². The Balaban J connectivity index is 2.47. The maximum atomic E-state index is 5.14. The maximum absolute atomic E-state index is 5.14. The van der Waals surface area contributed by atoms with Crippen LogP contribution in [0.2, 0.25) is 0 Å². The van der Waals surface area contributed by atoms with Crippen molar-refractivity contribution in [3.05, 3.63) is 23.0 Å². The highest BCUT2D eigenvalue weighted by molar-refractivity contribution is 7.15. The van der Waals surface area contributed by atoms with Gasteiger partial charge in [-0.15, -0.1) is 11.3 Å². The van der Waals surface area contributed by atoms with Crippen LogP contribution in [0.5, 0.6) is 5.88 Å². The van der Waals surface area contributed by atoms with Crippen molar-refractivity contribution >= 4 is 11.3 Å². The zero-order chi connectivity index (χ0) is 14.8. The van der Waals surface area contributed by atoms with E-state index in [9.17, 15) is 0 Å². The molecule has 0 amide bonds. The Hall–Kier alpha value is -1.53. The number of aromatic nitrogens is 3. The first-order valence-electron chi connectivity index (χ1n) is 6.47. The number of nitrogens with one attached hydrogen (secondary N) is 1. The van der Waals surface area contributed by atoms with Gasteiger partial charge in [-0.2, -0.15) is 0 Å². The molecule has 0 saturated heterocycles. The molecule has 2 aromatic rings. The third kappa shape index (κ3) is 3.13. The molecule has 5 nitrogen and oxygen atoms in total. The standard InChI is InChI=1S/C14H20N4OS/c1-14(2,3)12-10(7-15-4)20-13(18-12)9-6-11(19-5)17-8-16-9/h6,8,15H,7H2,1-5H3. The highest BCUT2D eigenvalue weighted by Gasteiger charge is 2.23. The van der Waals surface area contributed by atoms with Crippen molar-refractivity contribution in [2.75, 3.05) is 14.2 Å². The first-order chi connectivity index (χ1) is 9.45. The van der Waals surface area contributed by atoms with E-state index in [0.29, 0.717) is 5.88 Å². The zero-order valence-electron chi connectivity index (χ0n) is 12.5. The van der Waals surface area contributed by atoms with Gasteiger partial charge in [-0.25, -0.2) is 15.0 Å². The molecule has 1 N–H and O–H groups in total. The van der Waals surface area contributed by atoms with Crippen molar-refractivity contribution in [1.82, 2.24) is 20.3 Å². The number of rotatable bonds is 4. The first kappa shape index (κ1) is 14.9. The lowest BCUT2D eigenvalue weighted by atomic mass is 9.91. The van der Waals surface area contributed by atoms with Crippen LogP contribution in [0.1, 0.15) is 31.3 Å². The van der Waals surface area contributed by atoms with Gasteiger partial charge >= 0.3 is 0 Å². The minimum atomic E-state index is 0.0120. The van der Waals surface area contributed by atoms with Crippen molar-refractivity contribution in [1.29, 1.82) is 0 Å². The summed E-state index contributed by atoms with van der Waals surface area (Å²) in [5.41, 5.74) is 1.93. The van der Waals surface area contributed by atoms with Gasteiger partial charge in [0.15, 0.2) is 0 Å². The highest BCUT2D eigenvalue weighted by Crippen LogP contribution is 2.34. The Morgan fingerprint density at radius 2 is 2.05 bits per heavy atom. The fraction of sp³-hybridized carbons (Fsp3) is 0.500. The summed E-state index contributed by atoms with van der Waals surface area (Å²) in [6, 6.07) is 1.81. The lowest BCUT2D eigenvalue weighted by Gasteiger charge is -2.17. The summed E-state index contributed by atoms with van der Waals surface area (Å²) in [5.74, 6) is 0.553. The van der Waals surface area contributed by atoms with Gasteiger partial charge in [0.05, 0.1) is 12.8 Å². The van der Waals surface area contributed by atoms with Crippen molar-refractivity contribution in [2.24, 2.45) is 0 Å². The molecule has 0 aliphatic rings. The zero-order valence-corrected chi connectivity index (χ0v) is 13.3. The smallest absolute Gasteiger partial charge is 0.216 e. The van der Waals surface area contributed by atoms with Gasteiger partial charge in [0.25, 0.3) is 0 Å².